The lowest BCUT2D eigenvalue weighted by molar-refractivity contribution is -0.385. The molecule has 2 unspecified atom stereocenters. The normalized spacial score (nSPS) is 56.7. The van der Waals surface area contributed by atoms with E-state index in [1.54, 1.807) is 0 Å². The summed E-state index contributed by atoms with van der Waals surface area (Å²) in [6.07, 6.45) is -6.61. The lowest BCUT2D eigenvalue weighted by Gasteiger charge is -2.73. The second-order valence-electron chi connectivity index (χ2n) is 19.2. The van der Waals surface area contributed by atoms with Crippen LogP contribution in [-0.2, 0) is 23.7 Å². The number of carboxylic acid groups (broad SMARTS) is 1. The van der Waals surface area contributed by atoms with Crippen molar-refractivity contribution in [1.82, 2.24) is 0 Å². The highest BCUT2D eigenvalue weighted by atomic mass is 16.8. The fraction of sp³-hybridized carbons (Fsp3) is 0.925. The first-order chi connectivity index (χ1) is 24.8. The van der Waals surface area contributed by atoms with E-state index in [-0.39, 0.29) is 47.2 Å². The first kappa shape index (κ1) is 40.0. The molecule has 8 N–H and O–H groups in total. The Hall–Kier alpha value is -1.23. The summed E-state index contributed by atoms with van der Waals surface area (Å²) in [5, 5.41) is 84.3. The van der Waals surface area contributed by atoms with Crippen LogP contribution in [0.3, 0.4) is 0 Å². The fourth-order valence-electron chi connectivity index (χ4n) is 14.0. The number of aliphatic carboxylic acids is 1. The van der Waals surface area contributed by atoms with Gasteiger partial charge in [-0.1, -0.05) is 39.8 Å². The summed E-state index contributed by atoms with van der Waals surface area (Å²) in [5.41, 5.74) is -0.523. The molecule has 7 rings (SSSR count). The van der Waals surface area contributed by atoms with E-state index in [0.717, 1.165) is 56.9 Å². The summed E-state index contributed by atoms with van der Waals surface area (Å²) in [6.45, 7) is 15.4. The minimum atomic E-state index is -1.87. The van der Waals surface area contributed by atoms with Crippen LogP contribution in [0.5, 0.6) is 0 Å². The van der Waals surface area contributed by atoms with E-state index in [1.807, 2.05) is 0 Å². The van der Waals surface area contributed by atoms with Gasteiger partial charge < -0.3 is 59.8 Å². The smallest absolute Gasteiger partial charge is 0.309 e. The molecular weight excluding hydrogens is 688 g/mol. The molecule has 0 aromatic heterocycles. The van der Waals surface area contributed by atoms with Gasteiger partial charge in [0.2, 0.25) is 0 Å². The molecule has 53 heavy (non-hydrogen) atoms. The average Bonchev–Trinajstić information content (AvgIpc) is 3.52. The Morgan fingerprint density at radius 2 is 1.49 bits per heavy atom. The van der Waals surface area contributed by atoms with Crippen LogP contribution >= 0.6 is 0 Å². The fourth-order valence-corrected chi connectivity index (χ4v) is 14.0. The van der Waals surface area contributed by atoms with Crippen LogP contribution in [0.2, 0.25) is 0 Å². The number of aliphatic hydroxyl groups is 7. The lowest BCUT2D eigenvalue weighted by atomic mass is 9.32. The molecule has 5 aliphatic carbocycles. The third-order valence-electron chi connectivity index (χ3n) is 17.1. The van der Waals surface area contributed by atoms with Crippen molar-refractivity contribution in [2.45, 2.75) is 160 Å². The van der Waals surface area contributed by atoms with E-state index < -0.39 is 78.4 Å². The average molecular weight is 753 g/mol. The predicted octanol–water partition coefficient (Wildman–Crippen LogP) is 2.31. The Morgan fingerprint density at radius 3 is 2.15 bits per heavy atom. The number of hydrogen-bond donors (Lipinski definition) is 8. The monoisotopic (exact) mass is 752 g/mol. The molecule has 302 valence electrons. The molecule has 7 aliphatic rings. The van der Waals surface area contributed by atoms with Crippen molar-refractivity contribution in [2.75, 3.05) is 13.2 Å². The van der Waals surface area contributed by atoms with E-state index in [9.17, 15) is 45.6 Å². The first-order valence-electron chi connectivity index (χ1n) is 20.0. The number of fused-ring (bicyclic) bond motifs is 7. The zero-order chi connectivity index (χ0) is 38.6. The van der Waals surface area contributed by atoms with Crippen LogP contribution in [0, 0.1) is 56.7 Å². The van der Waals surface area contributed by atoms with Crippen molar-refractivity contribution in [2.24, 2.45) is 56.7 Å². The Bertz CT molecular complexity index is 1410. The van der Waals surface area contributed by atoms with Gasteiger partial charge in [-0.05, 0) is 117 Å². The maximum atomic E-state index is 13.0. The second kappa shape index (κ2) is 13.7. The van der Waals surface area contributed by atoms with Crippen LogP contribution < -0.4 is 0 Å². The highest BCUT2D eigenvalue weighted by molar-refractivity contribution is 5.76. The summed E-state index contributed by atoms with van der Waals surface area (Å²) in [5.74, 6) is 0.380. The van der Waals surface area contributed by atoms with Crippen LogP contribution in [0.4, 0.5) is 0 Å². The van der Waals surface area contributed by atoms with E-state index in [1.165, 1.54) is 0 Å². The Kier molecular flexibility index (Phi) is 10.3. The van der Waals surface area contributed by atoms with E-state index in [2.05, 4.69) is 41.2 Å². The number of carboxylic acids is 1. The minimum absolute atomic E-state index is 0.0344. The molecule has 13 nitrogen and oxygen atoms in total. The molecule has 2 saturated heterocycles. The molecule has 13 heteroatoms. The zero-order valence-corrected chi connectivity index (χ0v) is 32.0. The number of allylic oxidation sites excluding steroid dienone is 1. The van der Waals surface area contributed by atoms with E-state index in [0.29, 0.717) is 24.7 Å². The molecule has 0 aromatic carbocycles. The Morgan fingerprint density at radius 1 is 0.774 bits per heavy atom. The van der Waals surface area contributed by atoms with Gasteiger partial charge in [-0.2, -0.15) is 0 Å². The summed E-state index contributed by atoms with van der Waals surface area (Å²) in [4.78, 5) is 13.0. The highest BCUT2D eigenvalue weighted by Gasteiger charge is 2.72. The van der Waals surface area contributed by atoms with Gasteiger partial charge in [0.15, 0.2) is 18.9 Å². The largest absolute Gasteiger partial charge is 0.481 e. The predicted molar refractivity (Wildman–Crippen MR) is 188 cm³/mol. The van der Waals surface area contributed by atoms with Gasteiger partial charge in [0.05, 0.1) is 24.7 Å². The Labute approximate surface area is 312 Å². The molecule has 7 fully saturated rings. The van der Waals surface area contributed by atoms with Crippen LogP contribution in [0.15, 0.2) is 12.2 Å². The zero-order valence-electron chi connectivity index (χ0n) is 32.0. The van der Waals surface area contributed by atoms with Gasteiger partial charge >= 0.3 is 5.97 Å². The topological polar surface area (TPSA) is 216 Å². The molecular formula is C40H64O13. The van der Waals surface area contributed by atoms with Crippen molar-refractivity contribution in [3.8, 4) is 0 Å². The van der Waals surface area contributed by atoms with Crippen molar-refractivity contribution >= 4 is 5.97 Å². The summed E-state index contributed by atoms with van der Waals surface area (Å²) in [6, 6.07) is 0. The van der Waals surface area contributed by atoms with Crippen LogP contribution in [-0.4, -0.2) is 122 Å². The summed E-state index contributed by atoms with van der Waals surface area (Å²) < 4.78 is 23.6. The third kappa shape index (κ3) is 5.68. The maximum absolute atomic E-state index is 13.0. The van der Waals surface area contributed by atoms with Crippen LogP contribution in [0.1, 0.15) is 98.8 Å². The van der Waals surface area contributed by atoms with Gasteiger partial charge in [0, 0.05) is 5.41 Å². The third-order valence-corrected chi connectivity index (χ3v) is 17.1. The molecule has 2 aliphatic heterocycles. The maximum Gasteiger partial charge on any atom is 0.309 e. The molecule has 0 radical (unpaired) electrons. The van der Waals surface area contributed by atoms with Gasteiger partial charge in [-0.3, -0.25) is 4.79 Å². The Balaban J connectivity index is 1.14. The first-order valence-corrected chi connectivity index (χ1v) is 20.0. The van der Waals surface area contributed by atoms with Gasteiger partial charge in [-0.25, -0.2) is 0 Å². The van der Waals surface area contributed by atoms with Crippen molar-refractivity contribution in [3.05, 3.63) is 12.2 Å². The molecule has 0 bridgehead atoms. The van der Waals surface area contributed by atoms with Gasteiger partial charge in [0.1, 0.15) is 36.6 Å². The van der Waals surface area contributed by atoms with Gasteiger partial charge in [0.25, 0.3) is 0 Å². The quantitative estimate of drug-likeness (QED) is 0.139. The second-order valence-corrected chi connectivity index (χ2v) is 19.2. The van der Waals surface area contributed by atoms with Crippen molar-refractivity contribution < 1.29 is 64.6 Å². The molecule has 0 amide bonds. The minimum Gasteiger partial charge on any atom is -0.481 e. The number of carbonyl (C=O) groups is 1. The molecule has 0 aromatic rings. The highest BCUT2D eigenvalue weighted by Crippen LogP contribution is 2.77. The molecule has 20 atom stereocenters. The van der Waals surface area contributed by atoms with E-state index >= 15 is 0 Å². The number of rotatable bonds is 7. The van der Waals surface area contributed by atoms with E-state index in [4.69, 9.17) is 18.9 Å². The molecule has 5 saturated carbocycles. The van der Waals surface area contributed by atoms with Crippen molar-refractivity contribution in [3.63, 3.8) is 0 Å². The summed E-state index contributed by atoms with van der Waals surface area (Å²) >= 11 is 0. The standard InChI is InChI=1S/C40H64O13/c1-19(2)20-9-14-40(35(48)49)16-15-38(5)21(26(20)40)7-8-24-36(3)12-11-25(37(4,18-41)23(36)10-13-39(24,38)6)51-34-31(27(43)22(42)17-50-34)52-33-30(46)28(44)29(45)32(47)53-33/h20-34,41-47H,1,7-18H2,2-6H3,(H,48,49)/t20-,21+,22+,23+,24?,25-,26?,27+,28-,29-,30-,31-,32-,33-,34+,36-,37-,38+,39+,40-/m0/s1. The van der Waals surface area contributed by atoms with Gasteiger partial charge in [-0.15, -0.1) is 0 Å². The lowest BCUT2D eigenvalue weighted by Crippen LogP contribution is -2.68. The van der Waals surface area contributed by atoms with Crippen molar-refractivity contribution in [1.29, 1.82) is 0 Å². The number of ether oxygens (including phenoxy) is 4. The SMILES string of the molecule is C=C(C)[C@@H]1CC[C@]2(C(=O)O)CC[C@]3(C)[C@H](CCC4[C@@]5(C)CC[C@H](O[C@H]6OC[C@@H](O)[C@@H](O)[C@@H]6O[C@H]6O[C@H](O)[C@@H](O)[C@H](O)[C@@H]6O)[C@@](C)(CO)[C@@H]5CC[C@]43C)C12. The molecule has 0 spiro atoms. The van der Waals surface area contributed by atoms with Crippen LogP contribution in [0.25, 0.3) is 0 Å². The number of aliphatic hydroxyl groups excluding tert-OH is 7. The molecule has 2 heterocycles. The summed E-state index contributed by atoms with van der Waals surface area (Å²) in [7, 11) is 0. The number of hydrogen-bond acceptors (Lipinski definition) is 12.